The third kappa shape index (κ3) is 6.87. The SMILES string of the molecule is Cc1ccc2c(c1)CCC(CC1CN=C(OC(=O)/C=C/C(=O)OC3=NCC(CC4=Cc5ccc(C)cc5CC4)N3)N1)=C2. The number of aliphatic imine (C=N–C) groups is 2. The molecule has 0 bridgehead atoms. The molecule has 2 N–H and O–H groups in total. The van der Waals surface area contributed by atoms with Crippen LogP contribution in [0.5, 0.6) is 0 Å². The van der Waals surface area contributed by atoms with E-state index in [4.69, 9.17) is 9.47 Å². The molecule has 0 aromatic heterocycles. The topological polar surface area (TPSA) is 101 Å². The maximum absolute atomic E-state index is 12.3. The standard InChI is InChI=1S/C34H36N4O4/c1-21-3-7-27-15-23(5-9-25(27)13-21)17-29-19-35-33(37-29)41-31(39)11-12-32(40)42-34-36-20-30(38-34)18-24-6-10-26-14-22(2)4-8-28(26)16-24/h3-4,7-8,11-16,29-30H,5-6,9-10,17-20H2,1-2H3,(H,35,37)(H,36,38)/b12-11+. The van der Waals surface area contributed by atoms with Gasteiger partial charge in [-0.15, -0.1) is 0 Å². The lowest BCUT2D eigenvalue weighted by molar-refractivity contribution is -0.133. The predicted molar refractivity (Wildman–Crippen MR) is 164 cm³/mol. The van der Waals surface area contributed by atoms with Gasteiger partial charge in [-0.05, 0) is 74.6 Å². The Kier molecular flexibility index (Phi) is 8.04. The molecule has 2 heterocycles. The number of hydrogen-bond donors (Lipinski definition) is 2. The molecule has 0 saturated heterocycles. The molecular weight excluding hydrogens is 528 g/mol. The van der Waals surface area contributed by atoms with E-state index in [-0.39, 0.29) is 24.1 Å². The van der Waals surface area contributed by atoms with Gasteiger partial charge in [0, 0.05) is 12.2 Å². The molecule has 2 atom stereocenters. The lowest BCUT2D eigenvalue weighted by Gasteiger charge is -2.20. The van der Waals surface area contributed by atoms with Gasteiger partial charge < -0.3 is 20.1 Å². The van der Waals surface area contributed by atoms with Crippen LogP contribution in [0.4, 0.5) is 0 Å². The summed E-state index contributed by atoms with van der Waals surface area (Å²) in [4.78, 5) is 33.2. The number of fused-ring (bicyclic) bond motifs is 2. The third-order valence-corrected chi connectivity index (χ3v) is 8.08. The molecule has 4 aliphatic rings. The van der Waals surface area contributed by atoms with Gasteiger partial charge in [0.05, 0.1) is 25.2 Å². The van der Waals surface area contributed by atoms with E-state index in [0.29, 0.717) is 13.1 Å². The smallest absolute Gasteiger partial charge is 0.338 e. The number of ether oxygens (including phenoxy) is 2. The highest BCUT2D eigenvalue weighted by Gasteiger charge is 2.24. The Morgan fingerprint density at radius 2 is 1.19 bits per heavy atom. The highest BCUT2D eigenvalue weighted by Crippen LogP contribution is 2.29. The first-order valence-corrected chi connectivity index (χ1v) is 14.7. The predicted octanol–water partition coefficient (Wildman–Crippen LogP) is 4.74. The first-order chi connectivity index (χ1) is 20.4. The first kappa shape index (κ1) is 27.7. The molecule has 216 valence electrons. The maximum atomic E-state index is 12.3. The Morgan fingerprint density at radius 1 is 0.738 bits per heavy atom. The van der Waals surface area contributed by atoms with Crippen LogP contribution < -0.4 is 10.6 Å². The molecular formula is C34H36N4O4. The second kappa shape index (κ2) is 12.2. The van der Waals surface area contributed by atoms with Gasteiger partial charge in [0.2, 0.25) is 0 Å². The number of rotatable bonds is 6. The van der Waals surface area contributed by atoms with Crippen molar-refractivity contribution in [3.05, 3.63) is 93.1 Å². The Morgan fingerprint density at radius 3 is 1.64 bits per heavy atom. The van der Waals surface area contributed by atoms with Crippen LogP contribution >= 0.6 is 0 Å². The van der Waals surface area contributed by atoms with Gasteiger partial charge >= 0.3 is 11.9 Å². The molecule has 2 aromatic rings. The molecule has 2 aliphatic heterocycles. The van der Waals surface area contributed by atoms with Crippen molar-refractivity contribution in [3.63, 3.8) is 0 Å². The van der Waals surface area contributed by atoms with Crippen molar-refractivity contribution >= 4 is 36.1 Å². The van der Waals surface area contributed by atoms with E-state index in [2.05, 4.69) is 83.0 Å². The summed E-state index contributed by atoms with van der Waals surface area (Å²) in [6.45, 7) is 5.30. The number of nitrogens with one attached hydrogen (secondary N) is 2. The summed E-state index contributed by atoms with van der Waals surface area (Å²) in [6, 6.07) is 13.6. The summed E-state index contributed by atoms with van der Waals surface area (Å²) in [7, 11) is 0. The van der Waals surface area contributed by atoms with E-state index in [9.17, 15) is 9.59 Å². The van der Waals surface area contributed by atoms with Crippen LogP contribution in [-0.4, -0.2) is 49.2 Å². The van der Waals surface area contributed by atoms with Crippen molar-refractivity contribution in [3.8, 4) is 0 Å². The lowest BCUT2D eigenvalue weighted by Crippen LogP contribution is -2.33. The number of carbonyl (C=O) groups is 2. The first-order valence-electron chi connectivity index (χ1n) is 14.7. The lowest BCUT2D eigenvalue weighted by atomic mass is 9.88. The van der Waals surface area contributed by atoms with Gasteiger partial charge in [0.25, 0.3) is 12.0 Å². The largest absolute Gasteiger partial charge is 0.389 e. The number of hydrogen-bond acceptors (Lipinski definition) is 8. The second-order valence-electron chi connectivity index (χ2n) is 11.6. The number of carbonyl (C=O) groups excluding carboxylic acids is 2. The molecule has 6 rings (SSSR count). The monoisotopic (exact) mass is 564 g/mol. The molecule has 8 nitrogen and oxygen atoms in total. The molecule has 0 amide bonds. The van der Waals surface area contributed by atoms with Crippen molar-refractivity contribution in [2.24, 2.45) is 9.98 Å². The molecule has 8 heteroatoms. The van der Waals surface area contributed by atoms with E-state index in [0.717, 1.165) is 50.7 Å². The van der Waals surface area contributed by atoms with Crippen LogP contribution in [-0.2, 0) is 31.9 Å². The number of nitrogens with zero attached hydrogens (tertiary/aromatic N) is 2. The summed E-state index contributed by atoms with van der Waals surface area (Å²) in [5, 5.41) is 6.35. The molecule has 0 saturated carbocycles. The second-order valence-corrected chi connectivity index (χ2v) is 11.6. The molecule has 42 heavy (non-hydrogen) atoms. The van der Waals surface area contributed by atoms with Crippen LogP contribution in [0.3, 0.4) is 0 Å². The van der Waals surface area contributed by atoms with Crippen LogP contribution in [0, 0.1) is 13.8 Å². The Labute approximate surface area is 246 Å². The molecule has 2 aromatic carbocycles. The minimum absolute atomic E-state index is 0.0719. The van der Waals surface area contributed by atoms with Crippen molar-refractivity contribution in [1.29, 1.82) is 0 Å². The molecule has 0 fully saturated rings. The summed E-state index contributed by atoms with van der Waals surface area (Å²) >= 11 is 0. The van der Waals surface area contributed by atoms with Gasteiger partial charge in [-0.3, -0.25) is 0 Å². The fraction of sp³-hybridized carbons (Fsp3) is 0.353. The van der Waals surface area contributed by atoms with Crippen molar-refractivity contribution in [1.82, 2.24) is 10.6 Å². The Hall–Kier alpha value is -4.46. The van der Waals surface area contributed by atoms with Crippen molar-refractivity contribution < 1.29 is 19.1 Å². The zero-order chi connectivity index (χ0) is 29.1. The zero-order valence-electron chi connectivity index (χ0n) is 24.1. The van der Waals surface area contributed by atoms with E-state index >= 15 is 0 Å². The van der Waals surface area contributed by atoms with E-state index < -0.39 is 11.9 Å². The highest BCUT2D eigenvalue weighted by molar-refractivity contribution is 6.00. The van der Waals surface area contributed by atoms with Gasteiger partial charge in [0.1, 0.15) is 0 Å². The van der Waals surface area contributed by atoms with Crippen LogP contribution in [0.1, 0.15) is 59.1 Å². The zero-order valence-corrected chi connectivity index (χ0v) is 24.1. The minimum Gasteiger partial charge on any atom is -0.389 e. The summed E-state index contributed by atoms with van der Waals surface area (Å²) in [5.41, 5.74) is 10.6. The van der Waals surface area contributed by atoms with Crippen LogP contribution in [0.2, 0.25) is 0 Å². The molecule has 2 aliphatic carbocycles. The van der Waals surface area contributed by atoms with Gasteiger partial charge in [-0.25, -0.2) is 19.6 Å². The van der Waals surface area contributed by atoms with E-state index in [1.54, 1.807) is 0 Å². The van der Waals surface area contributed by atoms with E-state index in [1.807, 2.05) is 0 Å². The fourth-order valence-corrected chi connectivity index (χ4v) is 5.98. The number of esters is 2. The number of aryl methyl sites for hydroxylation is 4. The molecule has 2 unspecified atom stereocenters. The Balaban J connectivity index is 0.914. The average molecular weight is 565 g/mol. The summed E-state index contributed by atoms with van der Waals surface area (Å²) in [6.07, 6.45) is 12.4. The van der Waals surface area contributed by atoms with Crippen LogP contribution in [0.15, 0.2) is 69.7 Å². The van der Waals surface area contributed by atoms with Crippen molar-refractivity contribution in [2.45, 2.75) is 64.5 Å². The summed E-state index contributed by atoms with van der Waals surface area (Å²) in [5.74, 6) is -1.39. The average Bonchev–Trinajstić information content (AvgIpc) is 3.60. The quantitative estimate of drug-likeness (QED) is 0.388. The highest BCUT2D eigenvalue weighted by atomic mass is 16.6. The fourth-order valence-electron chi connectivity index (χ4n) is 5.98. The van der Waals surface area contributed by atoms with Gasteiger partial charge in [-0.1, -0.05) is 70.8 Å². The Bertz CT molecular complexity index is 1450. The van der Waals surface area contributed by atoms with Gasteiger partial charge in [0.15, 0.2) is 0 Å². The van der Waals surface area contributed by atoms with Gasteiger partial charge in [-0.2, -0.15) is 0 Å². The van der Waals surface area contributed by atoms with E-state index in [1.165, 1.54) is 44.5 Å². The minimum atomic E-state index is -0.695. The molecule has 0 radical (unpaired) electrons. The summed E-state index contributed by atoms with van der Waals surface area (Å²) < 4.78 is 10.6. The normalized spacial score (nSPS) is 20.8. The number of benzene rings is 2. The number of amidine groups is 2. The third-order valence-electron chi connectivity index (χ3n) is 8.08. The maximum Gasteiger partial charge on any atom is 0.338 e. The van der Waals surface area contributed by atoms with Crippen molar-refractivity contribution in [2.75, 3.05) is 13.1 Å². The van der Waals surface area contributed by atoms with Crippen LogP contribution in [0.25, 0.3) is 12.2 Å². The molecule has 0 spiro atoms.